The Bertz CT molecular complexity index is 2400. The molecule has 0 aliphatic heterocycles. The van der Waals surface area contributed by atoms with Gasteiger partial charge in [-0.05, 0) is 72.8 Å². The van der Waals surface area contributed by atoms with E-state index in [4.69, 9.17) is 0 Å². The van der Waals surface area contributed by atoms with Gasteiger partial charge in [-0.25, -0.2) is 0 Å². The smallest absolute Gasteiger partial charge is 0.0803 e. The van der Waals surface area contributed by atoms with Gasteiger partial charge >= 0.3 is 0 Å². The van der Waals surface area contributed by atoms with Crippen LogP contribution >= 0.6 is 15.9 Å². The zero-order valence-corrected chi connectivity index (χ0v) is 24.2. The van der Waals surface area contributed by atoms with Gasteiger partial charge in [0.25, 0.3) is 0 Å². The lowest BCUT2D eigenvalue weighted by Crippen LogP contribution is -1.97. The van der Waals surface area contributed by atoms with Gasteiger partial charge in [0.15, 0.2) is 0 Å². The SMILES string of the molecule is Brc1ccc(-n2c3ccccc3c3c2c2ccccc2n3-c2ccc(-n3c4ccccc4c4ccccc43)cc2)cc1. The summed E-state index contributed by atoms with van der Waals surface area (Å²) in [6.07, 6.45) is 0. The first-order valence-electron chi connectivity index (χ1n) is 14.2. The highest BCUT2D eigenvalue weighted by Crippen LogP contribution is 2.41. The van der Waals surface area contributed by atoms with E-state index in [1.54, 1.807) is 0 Å². The molecule has 0 aliphatic carbocycles. The number of hydrogen-bond donors (Lipinski definition) is 0. The Labute approximate surface area is 250 Å². The standard InChI is InChI=1S/C38H24BrN3/c39-25-17-19-27(20-18-25)41-35-15-7-3-11-31(35)38-37(41)32-12-4-8-16-36(32)42(38)28-23-21-26(22-24-28)40-33-13-5-1-9-29(33)30-10-2-6-14-34(30)40/h1-24H. The number of rotatable bonds is 3. The second-order valence-corrected chi connectivity index (χ2v) is 11.7. The average Bonchev–Trinajstić information content (AvgIpc) is 3.68. The topological polar surface area (TPSA) is 14.8 Å². The third-order valence-electron chi connectivity index (χ3n) is 8.50. The molecule has 0 fully saturated rings. The van der Waals surface area contributed by atoms with Gasteiger partial charge in [0, 0.05) is 43.1 Å². The second kappa shape index (κ2) is 8.97. The summed E-state index contributed by atoms with van der Waals surface area (Å²) in [5, 5.41) is 5.02. The molecular weight excluding hydrogens is 578 g/mol. The second-order valence-electron chi connectivity index (χ2n) is 10.8. The molecule has 9 aromatic rings. The van der Waals surface area contributed by atoms with E-state index >= 15 is 0 Å². The summed E-state index contributed by atoms with van der Waals surface area (Å²) < 4.78 is 8.28. The highest BCUT2D eigenvalue weighted by atomic mass is 79.9. The van der Waals surface area contributed by atoms with Crippen molar-refractivity contribution in [3.63, 3.8) is 0 Å². The van der Waals surface area contributed by atoms with Gasteiger partial charge in [0.2, 0.25) is 0 Å². The van der Waals surface area contributed by atoms with Crippen LogP contribution in [0.3, 0.4) is 0 Å². The Balaban J connectivity index is 1.32. The summed E-state index contributed by atoms with van der Waals surface area (Å²) in [4.78, 5) is 0. The van der Waals surface area contributed by atoms with Crippen LogP contribution in [0.4, 0.5) is 0 Å². The van der Waals surface area contributed by atoms with E-state index in [0.29, 0.717) is 0 Å². The van der Waals surface area contributed by atoms with Crippen LogP contribution in [0.25, 0.3) is 71.7 Å². The van der Waals surface area contributed by atoms with Crippen molar-refractivity contribution < 1.29 is 0 Å². The minimum Gasteiger partial charge on any atom is -0.309 e. The van der Waals surface area contributed by atoms with Crippen molar-refractivity contribution in [1.82, 2.24) is 13.7 Å². The third-order valence-corrected chi connectivity index (χ3v) is 9.03. The van der Waals surface area contributed by atoms with E-state index in [1.807, 2.05) is 0 Å². The fraction of sp³-hybridized carbons (Fsp3) is 0. The van der Waals surface area contributed by atoms with Crippen molar-refractivity contribution in [3.05, 3.63) is 150 Å². The monoisotopic (exact) mass is 601 g/mol. The Morgan fingerprint density at radius 3 is 1.05 bits per heavy atom. The van der Waals surface area contributed by atoms with Crippen molar-refractivity contribution >= 4 is 70.6 Å². The molecule has 0 amide bonds. The van der Waals surface area contributed by atoms with E-state index in [-0.39, 0.29) is 0 Å². The van der Waals surface area contributed by atoms with Gasteiger partial charge in [0.05, 0.1) is 33.1 Å². The highest BCUT2D eigenvalue weighted by molar-refractivity contribution is 9.10. The lowest BCUT2D eigenvalue weighted by Gasteiger charge is -2.11. The van der Waals surface area contributed by atoms with Crippen LogP contribution in [0.15, 0.2) is 150 Å². The van der Waals surface area contributed by atoms with Crippen molar-refractivity contribution in [2.75, 3.05) is 0 Å². The molecule has 4 heteroatoms. The van der Waals surface area contributed by atoms with Gasteiger partial charge in [-0.1, -0.05) is 88.7 Å². The Morgan fingerprint density at radius 1 is 0.310 bits per heavy atom. The molecular formula is C38H24BrN3. The Kier molecular flexibility index (Phi) is 5.05. The minimum absolute atomic E-state index is 1.07. The number of nitrogens with zero attached hydrogens (tertiary/aromatic N) is 3. The predicted molar refractivity (Wildman–Crippen MR) is 180 cm³/mol. The Hall–Kier alpha value is -5.06. The molecule has 0 unspecified atom stereocenters. The molecule has 0 aliphatic rings. The maximum absolute atomic E-state index is 3.61. The summed E-state index contributed by atoms with van der Waals surface area (Å²) in [5.41, 5.74) is 10.7. The number of benzene rings is 6. The van der Waals surface area contributed by atoms with E-state index < -0.39 is 0 Å². The average molecular weight is 603 g/mol. The molecule has 198 valence electrons. The zero-order valence-electron chi connectivity index (χ0n) is 22.6. The molecule has 3 nitrogen and oxygen atoms in total. The molecule has 3 aromatic heterocycles. The van der Waals surface area contributed by atoms with Crippen molar-refractivity contribution in [1.29, 1.82) is 0 Å². The number of para-hydroxylation sites is 4. The summed E-state index contributed by atoms with van der Waals surface area (Å²) >= 11 is 3.61. The van der Waals surface area contributed by atoms with Crippen LogP contribution in [0.2, 0.25) is 0 Å². The molecule has 0 saturated heterocycles. The minimum atomic E-state index is 1.07. The van der Waals surface area contributed by atoms with Crippen LogP contribution in [0.1, 0.15) is 0 Å². The van der Waals surface area contributed by atoms with Crippen LogP contribution in [-0.4, -0.2) is 13.7 Å². The molecule has 0 saturated carbocycles. The van der Waals surface area contributed by atoms with E-state index in [2.05, 4.69) is 175 Å². The van der Waals surface area contributed by atoms with Gasteiger partial charge in [-0.15, -0.1) is 0 Å². The first-order valence-corrected chi connectivity index (χ1v) is 14.9. The predicted octanol–water partition coefficient (Wildman–Crippen LogP) is 10.6. The first-order chi connectivity index (χ1) is 20.8. The largest absolute Gasteiger partial charge is 0.309 e. The van der Waals surface area contributed by atoms with Crippen molar-refractivity contribution in [2.24, 2.45) is 0 Å². The van der Waals surface area contributed by atoms with Crippen molar-refractivity contribution in [2.45, 2.75) is 0 Å². The summed E-state index contributed by atoms with van der Waals surface area (Å²) in [5.74, 6) is 0. The summed E-state index contributed by atoms with van der Waals surface area (Å²) in [7, 11) is 0. The molecule has 42 heavy (non-hydrogen) atoms. The molecule has 6 aromatic carbocycles. The van der Waals surface area contributed by atoms with Crippen LogP contribution in [0, 0.1) is 0 Å². The number of halogens is 1. The Morgan fingerprint density at radius 2 is 0.619 bits per heavy atom. The summed E-state index contributed by atoms with van der Waals surface area (Å²) in [6.45, 7) is 0. The number of hydrogen-bond acceptors (Lipinski definition) is 0. The first kappa shape index (κ1) is 23.6. The van der Waals surface area contributed by atoms with Crippen molar-refractivity contribution in [3.8, 4) is 17.1 Å². The van der Waals surface area contributed by atoms with E-state index in [1.165, 1.54) is 54.6 Å². The maximum atomic E-state index is 3.61. The normalized spacial score (nSPS) is 11.9. The van der Waals surface area contributed by atoms with Crippen LogP contribution in [-0.2, 0) is 0 Å². The summed E-state index contributed by atoms with van der Waals surface area (Å²) in [6, 6.07) is 52.4. The number of fused-ring (bicyclic) bond motifs is 8. The molecule has 9 rings (SSSR count). The lowest BCUT2D eigenvalue weighted by atomic mass is 10.2. The zero-order chi connectivity index (χ0) is 27.8. The van der Waals surface area contributed by atoms with Crippen LogP contribution in [0.5, 0.6) is 0 Å². The van der Waals surface area contributed by atoms with E-state index in [0.717, 1.165) is 21.5 Å². The fourth-order valence-electron chi connectivity index (χ4n) is 6.76. The highest BCUT2D eigenvalue weighted by Gasteiger charge is 2.22. The van der Waals surface area contributed by atoms with Gasteiger partial charge in [0.1, 0.15) is 0 Å². The number of aromatic nitrogens is 3. The fourth-order valence-corrected chi connectivity index (χ4v) is 7.03. The lowest BCUT2D eigenvalue weighted by molar-refractivity contribution is 1.15. The third kappa shape index (κ3) is 3.27. The molecule has 0 radical (unpaired) electrons. The molecule has 0 spiro atoms. The quantitative estimate of drug-likeness (QED) is 0.191. The maximum Gasteiger partial charge on any atom is 0.0803 e. The van der Waals surface area contributed by atoms with E-state index in [9.17, 15) is 0 Å². The van der Waals surface area contributed by atoms with Gasteiger partial charge < -0.3 is 13.7 Å². The molecule has 0 atom stereocenters. The molecule has 0 bridgehead atoms. The molecule has 3 heterocycles. The van der Waals surface area contributed by atoms with Gasteiger partial charge in [-0.3, -0.25) is 0 Å². The molecule has 0 N–H and O–H groups in total. The van der Waals surface area contributed by atoms with Gasteiger partial charge in [-0.2, -0.15) is 0 Å². The van der Waals surface area contributed by atoms with Crippen LogP contribution < -0.4 is 0 Å².